The summed E-state index contributed by atoms with van der Waals surface area (Å²) in [5.74, 6) is -0.612. The van der Waals surface area contributed by atoms with Gasteiger partial charge in [-0.15, -0.1) is 0 Å². The number of carboxylic acids is 1. The van der Waals surface area contributed by atoms with Gasteiger partial charge in [-0.25, -0.2) is 4.79 Å². The number of hydrogen-bond donors (Lipinski definition) is 1. The number of hydrogen-bond acceptors (Lipinski definition) is 3. The Hall–Kier alpha value is -1.26. The lowest BCUT2D eigenvalue weighted by Crippen LogP contribution is -2.58. The Morgan fingerprint density at radius 2 is 1.74 bits per heavy atom. The SMILES string of the molecule is CC(C)(C)OC(=O)N1CC(C2(C(=O)O)CCCC2)C1. The maximum atomic E-state index is 11.8. The minimum Gasteiger partial charge on any atom is -0.481 e. The first-order chi connectivity index (χ1) is 8.74. The van der Waals surface area contributed by atoms with Crippen molar-refractivity contribution in [1.29, 1.82) is 0 Å². The summed E-state index contributed by atoms with van der Waals surface area (Å²) in [7, 11) is 0. The fraction of sp³-hybridized carbons (Fsp3) is 0.857. The predicted molar refractivity (Wildman–Crippen MR) is 69.8 cm³/mol. The molecule has 5 heteroatoms. The highest BCUT2D eigenvalue weighted by atomic mass is 16.6. The Morgan fingerprint density at radius 1 is 1.21 bits per heavy atom. The van der Waals surface area contributed by atoms with E-state index in [0.29, 0.717) is 13.1 Å². The first-order valence-electron chi connectivity index (χ1n) is 6.96. The lowest BCUT2D eigenvalue weighted by Gasteiger charge is -2.47. The van der Waals surface area contributed by atoms with Crippen molar-refractivity contribution in [2.45, 2.75) is 52.1 Å². The molecule has 1 saturated heterocycles. The second-order valence-electron chi connectivity index (χ2n) is 6.75. The van der Waals surface area contributed by atoms with Gasteiger partial charge in [0, 0.05) is 19.0 Å². The van der Waals surface area contributed by atoms with Gasteiger partial charge in [-0.3, -0.25) is 4.79 Å². The highest BCUT2D eigenvalue weighted by molar-refractivity contribution is 5.77. The topological polar surface area (TPSA) is 66.8 Å². The zero-order chi connectivity index (χ0) is 14.3. The van der Waals surface area contributed by atoms with E-state index in [1.165, 1.54) is 0 Å². The van der Waals surface area contributed by atoms with Crippen LogP contribution in [0.15, 0.2) is 0 Å². The van der Waals surface area contributed by atoms with Gasteiger partial charge in [0.15, 0.2) is 0 Å². The van der Waals surface area contributed by atoms with Crippen LogP contribution in [-0.4, -0.2) is 40.8 Å². The molecule has 5 nitrogen and oxygen atoms in total. The number of rotatable bonds is 2. The third-order valence-electron chi connectivity index (χ3n) is 4.24. The second-order valence-corrected chi connectivity index (χ2v) is 6.75. The third-order valence-corrected chi connectivity index (χ3v) is 4.24. The molecule has 0 aromatic heterocycles. The van der Waals surface area contributed by atoms with Crippen LogP contribution in [0.2, 0.25) is 0 Å². The molecule has 1 aliphatic carbocycles. The zero-order valence-electron chi connectivity index (χ0n) is 11.9. The molecule has 2 fully saturated rings. The minimum absolute atomic E-state index is 0.0834. The molecular weight excluding hydrogens is 246 g/mol. The van der Waals surface area contributed by atoms with E-state index in [1.807, 2.05) is 20.8 Å². The van der Waals surface area contributed by atoms with E-state index in [4.69, 9.17) is 4.74 Å². The van der Waals surface area contributed by atoms with Crippen molar-refractivity contribution in [3.8, 4) is 0 Å². The molecule has 1 aliphatic heterocycles. The molecule has 2 rings (SSSR count). The van der Waals surface area contributed by atoms with Crippen molar-refractivity contribution in [1.82, 2.24) is 4.90 Å². The molecule has 1 N–H and O–H groups in total. The van der Waals surface area contributed by atoms with Gasteiger partial charge in [0.2, 0.25) is 0 Å². The Bertz CT molecular complexity index is 373. The van der Waals surface area contributed by atoms with E-state index in [1.54, 1.807) is 4.90 Å². The standard InChI is InChI=1S/C14H23NO4/c1-13(2,3)19-12(18)15-8-10(9-15)14(11(16)17)6-4-5-7-14/h10H,4-9H2,1-3H3,(H,16,17). The molecule has 0 spiro atoms. The fourth-order valence-corrected chi connectivity index (χ4v) is 3.11. The maximum absolute atomic E-state index is 11.8. The number of carbonyl (C=O) groups excluding carboxylic acids is 1. The minimum atomic E-state index is -0.696. The largest absolute Gasteiger partial charge is 0.481 e. The van der Waals surface area contributed by atoms with Crippen molar-refractivity contribution < 1.29 is 19.4 Å². The molecule has 0 unspecified atom stereocenters. The van der Waals surface area contributed by atoms with Crippen molar-refractivity contribution in [3.63, 3.8) is 0 Å². The predicted octanol–water partition coefficient (Wildman–Crippen LogP) is 2.50. The van der Waals surface area contributed by atoms with Gasteiger partial charge < -0.3 is 14.7 Å². The third kappa shape index (κ3) is 2.69. The van der Waals surface area contributed by atoms with Gasteiger partial charge in [-0.2, -0.15) is 0 Å². The van der Waals surface area contributed by atoms with E-state index in [0.717, 1.165) is 25.7 Å². The summed E-state index contributed by atoms with van der Waals surface area (Å²) in [6.07, 6.45) is 3.12. The average molecular weight is 269 g/mol. The summed E-state index contributed by atoms with van der Waals surface area (Å²) in [4.78, 5) is 25.0. The van der Waals surface area contributed by atoms with E-state index in [9.17, 15) is 14.7 Å². The highest BCUT2D eigenvalue weighted by Crippen LogP contribution is 2.48. The molecule has 2 aliphatic rings. The van der Waals surface area contributed by atoms with Crippen LogP contribution in [0, 0.1) is 11.3 Å². The number of ether oxygens (including phenoxy) is 1. The number of carboxylic acid groups (broad SMARTS) is 1. The second kappa shape index (κ2) is 4.69. The van der Waals surface area contributed by atoms with E-state index in [2.05, 4.69) is 0 Å². The van der Waals surface area contributed by atoms with Crippen LogP contribution in [0.1, 0.15) is 46.5 Å². The van der Waals surface area contributed by atoms with Crippen LogP contribution < -0.4 is 0 Å². The molecular formula is C14H23NO4. The first kappa shape index (κ1) is 14.2. The van der Waals surface area contributed by atoms with Crippen LogP contribution in [0.25, 0.3) is 0 Å². The smallest absolute Gasteiger partial charge is 0.410 e. The quantitative estimate of drug-likeness (QED) is 0.836. The number of amides is 1. The lowest BCUT2D eigenvalue weighted by molar-refractivity contribution is -0.157. The molecule has 0 radical (unpaired) electrons. The van der Waals surface area contributed by atoms with Crippen LogP contribution in [0.5, 0.6) is 0 Å². The van der Waals surface area contributed by atoms with Gasteiger partial charge in [-0.1, -0.05) is 12.8 Å². The number of likely N-dealkylation sites (tertiary alicyclic amines) is 1. The summed E-state index contributed by atoms with van der Waals surface area (Å²) in [5.41, 5.74) is -1.10. The summed E-state index contributed by atoms with van der Waals surface area (Å²) in [5, 5.41) is 9.48. The summed E-state index contributed by atoms with van der Waals surface area (Å²) < 4.78 is 5.29. The summed E-state index contributed by atoms with van der Waals surface area (Å²) in [6, 6.07) is 0. The van der Waals surface area contributed by atoms with Crippen molar-refractivity contribution >= 4 is 12.1 Å². The maximum Gasteiger partial charge on any atom is 0.410 e. The molecule has 0 atom stereocenters. The van der Waals surface area contributed by atoms with Gasteiger partial charge >= 0.3 is 12.1 Å². The summed E-state index contributed by atoms with van der Waals surface area (Å²) in [6.45, 7) is 6.52. The van der Waals surface area contributed by atoms with E-state index >= 15 is 0 Å². The number of aliphatic carboxylic acids is 1. The molecule has 0 bridgehead atoms. The van der Waals surface area contributed by atoms with Crippen LogP contribution in [0.4, 0.5) is 4.79 Å². The Balaban J connectivity index is 1.92. The van der Waals surface area contributed by atoms with Crippen molar-refractivity contribution in [3.05, 3.63) is 0 Å². The average Bonchev–Trinajstić information content (AvgIpc) is 2.62. The van der Waals surface area contributed by atoms with Gasteiger partial charge in [-0.05, 0) is 33.6 Å². The van der Waals surface area contributed by atoms with Crippen LogP contribution >= 0.6 is 0 Å². The first-order valence-corrected chi connectivity index (χ1v) is 6.96. The van der Waals surface area contributed by atoms with E-state index < -0.39 is 17.0 Å². The molecule has 1 heterocycles. The number of carbonyl (C=O) groups is 2. The zero-order valence-corrected chi connectivity index (χ0v) is 11.9. The Kier molecular flexibility index (Phi) is 3.49. The van der Waals surface area contributed by atoms with Gasteiger partial charge in [0.1, 0.15) is 5.60 Å². The Labute approximate surface area is 113 Å². The molecule has 0 aromatic rings. The Morgan fingerprint density at radius 3 is 2.16 bits per heavy atom. The highest BCUT2D eigenvalue weighted by Gasteiger charge is 2.53. The van der Waals surface area contributed by atoms with Crippen LogP contribution in [0.3, 0.4) is 0 Å². The molecule has 0 aromatic carbocycles. The summed E-state index contributed by atoms with van der Waals surface area (Å²) >= 11 is 0. The molecule has 1 saturated carbocycles. The monoisotopic (exact) mass is 269 g/mol. The molecule has 108 valence electrons. The van der Waals surface area contributed by atoms with Gasteiger partial charge in [0.25, 0.3) is 0 Å². The fourth-order valence-electron chi connectivity index (χ4n) is 3.11. The van der Waals surface area contributed by atoms with E-state index in [-0.39, 0.29) is 12.0 Å². The molecule has 1 amide bonds. The number of nitrogens with zero attached hydrogens (tertiary/aromatic N) is 1. The van der Waals surface area contributed by atoms with Gasteiger partial charge in [0.05, 0.1) is 5.41 Å². The van der Waals surface area contributed by atoms with Crippen molar-refractivity contribution in [2.75, 3.05) is 13.1 Å². The normalized spacial score (nSPS) is 23.0. The van der Waals surface area contributed by atoms with Crippen molar-refractivity contribution in [2.24, 2.45) is 11.3 Å². The molecule has 19 heavy (non-hydrogen) atoms. The van der Waals surface area contributed by atoms with Crippen LogP contribution in [-0.2, 0) is 9.53 Å². The lowest BCUT2D eigenvalue weighted by atomic mass is 9.70.